The van der Waals surface area contributed by atoms with Gasteiger partial charge < -0.3 is 4.40 Å². The van der Waals surface area contributed by atoms with Crippen molar-refractivity contribution < 1.29 is 20.1 Å². The fraction of sp³-hybridized carbons (Fsp3) is 0.160. The zero-order valence-electron chi connectivity index (χ0n) is 16.4. The summed E-state index contributed by atoms with van der Waals surface area (Å²) in [6.45, 7) is 8.70. The molecule has 28 heavy (non-hydrogen) atoms. The average Bonchev–Trinajstić information content (AvgIpc) is 3.08. The minimum atomic E-state index is 0. The molecule has 0 amide bonds. The molecule has 0 bridgehead atoms. The van der Waals surface area contributed by atoms with Gasteiger partial charge in [0, 0.05) is 37.4 Å². The SMILES string of the molecule is Cc1cc2c3ccc[c-]c3c3ncc(-c4c(C)cccc4C)n3c2cc1C.[Ir]. The van der Waals surface area contributed by atoms with Gasteiger partial charge in [0.1, 0.15) is 0 Å². The van der Waals surface area contributed by atoms with Crippen molar-refractivity contribution in [3.05, 3.63) is 83.0 Å². The fourth-order valence-electron chi connectivity index (χ4n) is 4.21. The van der Waals surface area contributed by atoms with Crippen LogP contribution < -0.4 is 0 Å². The van der Waals surface area contributed by atoms with E-state index in [2.05, 4.69) is 80.6 Å². The number of benzene rings is 3. The molecule has 1 radical (unpaired) electrons. The Kier molecular flexibility index (Phi) is 4.61. The third kappa shape index (κ3) is 2.62. The van der Waals surface area contributed by atoms with Crippen LogP contribution in [0, 0.1) is 33.8 Å². The number of rotatable bonds is 1. The maximum Gasteiger partial charge on any atom is 0.0639 e. The summed E-state index contributed by atoms with van der Waals surface area (Å²) in [6, 6.07) is 20.7. The Hall–Kier alpha value is -2.48. The van der Waals surface area contributed by atoms with Gasteiger partial charge in [0.15, 0.2) is 0 Å². The van der Waals surface area contributed by atoms with Crippen LogP contribution in [0.2, 0.25) is 0 Å². The molecular weight excluding hydrogens is 521 g/mol. The predicted molar refractivity (Wildman–Crippen MR) is 113 cm³/mol. The van der Waals surface area contributed by atoms with Gasteiger partial charge in [-0.2, -0.15) is 0 Å². The third-order valence-electron chi connectivity index (χ3n) is 5.72. The Balaban J connectivity index is 0.00000192. The molecule has 3 aromatic carbocycles. The van der Waals surface area contributed by atoms with Crippen molar-refractivity contribution in [3.8, 4) is 11.3 Å². The molecule has 0 fully saturated rings. The molecule has 0 unspecified atom stereocenters. The van der Waals surface area contributed by atoms with Crippen LogP contribution in [0.25, 0.3) is 38.6 Å². The first-order valence-corrected chi connectivity index (χ1v) is 9.33. The maximum absolute atomic E-state index is 4.84. The van der Waals surface area contributed by atoms with Gasteiger partial charge in [0.2, 0.25) is 0 Å². The zero-order valence-corrected chi connectivity index (χ0v) is 18.8. The van der Waals surface area contributed by atoms with E-state index in [9.17, 15) is 0 Å². The molecule has 0 aliphatic carbocycles. The molecule has 3 heteroatoms. The molecule has 0 aliphatic heterocycles. The Morgan fingerprint density at radius 3 is 2.29 bits per heavy atom. The minimum Gasteiger partial charge on any atom is -0.333 e. The van der Waals surface area contributed by atoms with Crippen LogP contribution in [-0.4, -0.2) is 9.38 Å². The molecule has 0 saturated carbocycles. The van der Waals surface area contributed by atoms with Crippen LogP contribution in [0.15, 0.2) is 54.7 Å². The van der Waals surface area contributed by atoms with Gasteiger partial charge in [0.05, 0.1) is 11.3 Å². The fourth-order valence-corrected chi connectivity index (χ4v) is 4.21. The molecule has 141 valence electrons. The molecule has 0 N–H and O–H groups in total. The topological polar surface area (TPSA) is 17.3 Å². The van der Waals surface area contributed by atoms with Gasteiger partial charge in [-0.05, 0) is 61.4 Å². The van der Waals surface area contributed by atoms with E-state index in [1.54, 1.807) is 0 Å². The van der Waals surface area contributed by atoms with E-state index in [0.29, 0.717) is 0 Å². The van der Waals surface area contributed by atoms with Crippen LogP contribution >= 0.6 is 0 Å². The van der Waals surface area contributed by atoms with E-state index in [-0.39, 0.29) is 20.1 Å². The summed E-state index contributed by atoms with van der Waals surface area (Å²) in [5, 5.41) is 3.54. The predicted octanol–water partition coefficient (Wildman–Crippen LogP) is 6.34. The van der Waals surface area contributed by atoms with E-state index in [0.717, 1.165) is 16.7 Å². The minimum absolute atomic E-state index is 0. The number of nitrogens with zero attached hydrogens (tertiary/aromatic N) is 2. The number of aromatic nitrogens is 2. The first-order chi connectivity index (χ1) is 13.1. The van der Waals surface area contributed by atoms with Gasteiger partial charge in [-0.3, -0.25) is 4.98 Å². The Morgan fingerprint density at radius 1 is 0.821 bits per heavy atom. The summed E-state index contributed by atoms with van der Waals surface area (Å²) in [5.41, 5.74) is 9.73. The Labute approximate surface area is 178 Å². The molecule has 5 rings (SSSR count). The van der Waals surface area contributed by atoms with Crippen molar-refractivity contribution in [2.45, 2.75) is 27.7 Å². The monoisotopic (exact) mass is 542 g/mol. The first-order valence-electron chi connectivity index (χ1n) is 9.33. The van der Waals surface area contributed by atoms with E-state index in [1.807, 2.05) is 12.3 Å². The number of hydrogen-bond donors (Lipinski definition) is 0. The molecule has 0 atom stereocenters. The number of aryl methyl sites for hydroxylation is 4. The molecule has 2 nitrogen and oxygen atoms in total. The van der Waals surface area contributed by atoms with E-state index in [4.69, 9.17) is 4.98 Å². The number of imidazole rings is 1. The molecule has 0 saturated heterocycles. The largest absolute Gasteiger partial charge is 0.333 e. The van der Waals surface area contributed by atoms with Crippen molar-refractivity contribution in [3.63, 3.8) is 0 Å². The summed E-state index contributed by atoms with van der Waals surface area (Å²) in [4.78, 5) is 4.84. The summed E-state index contributed by atoms with van der Waals surface area (Å²) >= 11 is 0. The van der Waals surface area contributed by atoms with Crippen LogP contribution in [0.1, 0.15) is 22.3 Å². The Bertz CT molecular complexity index is 1340. The first kappa shape index (κ1) is 18.9. The van der Waals surface area contributed by atoms with E-state index in [1.165, 1.54) is 44.1 Å². The van der Waals surface area contributed by atoms with Gasteiger partial charge in [-0.15, -0.1) is 29.7 Å². The second-order valence-electron chi connectivity index (χ2n) is 7.48. The number of hydrogen-bond acceptors (Lipinski definition) is 1. The van der Waals surface area contributed by atoms with Gasteiger partial charge >= 0.3 is 0 Å². The Morgan fingerprint density at radius 2 is 1.54 bits per heavy atom. The molecule has 0 spiro atoms. The number of fused-ring (bicyclic) bond motifs is 6. The number of pyridine rings is 1. The van der Waals surface area contributed by atoms with Gasteiger partial charge in [0.25, 0.3) is 0 Å². The summed E-state index contributed by atoms with van der Waals surface area (Å²) < 4.78 is 2.32. The molecule has 2 heterocycles. The van der Waals surface area contributed by atoms with Crippen molar-refractivity contribution in [1.29, 1.82) is 0 Å². The maximum atomic E-state index is 4.84. The second kappa shape index (κ2) is 6.84. The summed E-state index contributed by atoms with van der Waals surface area (Å²) in [7, 11) is 0. The van der Waals surface area contributed by atoms with Crippen molar-refractivity contribution >= 4 is 27.3 Å². The summed E-state index contributed by atoms with van der Waals surface area (Å²) in [6.07, 6.45) is 2.01. The molecule has 2 aromatic heterocycles. The normalized spacial score (nSPS) is 11.3. The van der Waals surface area contributed by atoms with E-state index < -0.39 is 0 Å². The van der Waals surface area contributed by atoms with Crippen LogP contribution in [-0.2, 0) is 20.1 Å². The smallest absolute Gasteiger partial charge is 0.0639 e. The van der Waals surface area contributed by atoms with Crippen molar-refractivity contribution in [2.24, 2.45) is 0 Å². The average molecular weight is 542 g/mol. The summed E-state index contributed by atoms with van der Waals surface area (Å²) in [5.74, 6) is 0. The molecule has 0 aliphatic rings. The molecular formula is C25H21IrN2-. The zero-order chi connectivity index (χ0) is 18.7. The molecule has 5 aromatic rings. The standard InChI is InChI=1S/C25H21N2.Ir/c1-15-8-7-9-16(2)24(15)23-14-26-25-20-11-6-5-10-19(20)21-12-17(3)18(4)13-22(21)27(23)25;/h5-10,12-14H,1-4H3;/q-1;. The third-order valence-corrected chi connectivity index (χ3v) is 5.72. The van der Waals surface area contributed by atoms with E-state index >= 15 is 0 Å². The van der Waals surface area contributed by atoms with Crippen molar-refractivity contribution in [1.82, 2.24) is 9.38 Å². The van der Waals surface area contributed by atoms with Crippen LogP contribution in [0.3, 0.4) is 0 Å². The quantitative estimate of drug-likeness (QED) is 0.179. The van der Waals surface area contributed by atoms with Crippen molar-refractivity contribution in [2.75, 3.05) is 0 Å². The van der Waals surface area contributed by atoms with Crippen LogP contribution in [0.5, 0.6) is 0 Å². The van der Waals surface area contributed by atoms with Crippen LogP contribution in [0.4, 0.5) is 0 Å². The van der Waals surface area contributed by atoms with Gasteiger partial charge in [-0.1, -0.05) is 29.7 Å². The van der Waals surface area contributed by atoms with Gasteiger partial charge in [-0.25, -0.2) is 0 Å². The second-order valence-corrected chi connectivity index (χ2v) is 7.48.